The summed E-state index contributed by atoms with van der Waals surface area (Å²) in [7, 11) is -1.39. The number of fused-ring (bicyclic) bond motifs is 1. The van der Waals surface area contributed by atoms with Gasteiger partial charge in [-0.05, 0) is 48.5 Å². The first-order valence-corrected chi connectivity index (χ1v) is 16.1. The van der Waals surface area contributed by atoms with Gasteiger partial charge in [-0.15, -0.1) is 0 Å². The molecule has 0 unspecified atom stereocenters. The van der Waals surface area contributed by atoms with Crippen LogP contribution in [0.15, 0.2) is 96.0 Å². The maximum absolute atomic E-state index is 13.8. The van der Waals surface area contributed by atoms with E-state index in [-0.39, 0.29) is 59.7 Å². The van der Waals surface area contributed by atoms with Crippen LogP contribution < -0.4 is 38.5 Å². The standard InChI is InChI=1S/C33H29N5O10S/c1-42-23-10-4-3-9-22(23)30-36-31(38-49(40,41)21-14-15-25-27(19-21)47-20-46-25)29(48-26-12-6-5-11-24(26)43-2)32(37-30)44-17-18-45-33(39)35-28-13-7-8-16-34-28/h3-16,19H,17-18,20H2,1-2H3,(H,34,35,39)(H,36,37,38). The van der Waals surface area contributed by atoms with Gasteiger partial charge in [0, 0.05) is 12.3 Å². The Kier molecular flexibility index (Phi) is 9.75. The van der Waals surface area contributed by atoms with Crippen LogP contribution in [0.1, 0.15) is 0 Å². The molecule has 0 spiro atoms. The number of carbonyl (C=O) groups is 1. The Hall–Kier alpha value is -6.29. The second kappa shape index (κ2) is 14.6. The van der Waals surface area contributed by atoms with E-state index >= 15 is 0 Å². The molecule has 0 radical (unpaired) electrons. The molecule has 1 aliphatic heterocycles. The van der Waals surface area contributed by atoms with Crippen LogP contribution in [-0.4, -0.2) is 63.7 Å². The molecule has 0 atom stereocenters. The van der Waals surface area contributed by atoms with Gasteiger partial charge in [-0.2, -0.15) is 4.98 Å². The van der Waals surface area contributed by atoms with Crippen molar-refractivity contribution < 1.29 is 46.4 Å². The highest BCUT2D eigenvalue weighted by molar-refractivity contribution is 7.92. The smallest absolute Gasteiger partial charge is 0.412 e. The van der Waals surface area contributed by atoms with Crippen LogP contribution in [-0.2, 0) is 14.8 Å². The highest BCUT2D eigenvalue weighted by Gasteiger charge is 2.27. The normalized spacial score (nSPS) is 11.7. The van der Waals surface area contributed by atoms with Crippen molar-refractivity contribution in [3.8, 4) is 51.8 Å². The van der Waals surface area contributed by atoms with Gasteiger partial charge in [-0.3, -0.25) is 10.0 Å². The quantitative estimate of drug-likeness (QED) is 0.148. The van der Waals surface area contributed by atoms with Crippen LogP contribution in [0.3, 0.4) is 0 Å². The molecule has 49 heavy (non-hydrogen) atoms. The minimum atomic E-state index is -4.32. The molecule has 3 aromatic carbocycles. The molecule has 5 aromatic rings. The highest BCUT2D eigenvalue weighted by atomic mass is 32.2. The maximum Gasteiger partial charge on any atom is 0.412 e. The third-order valence-electron chi connectivity index (χ3n) is 6.80. The minimum absolute atomic E-state index is 0.0352. The lowest BCUT2D eigenvalue weighted by Crippen LogP contribution is -2.19. The third-order valence-corrected chi connectivity index (χ3v) is 8.14. The summed E-state index contributed by atoms with van der Waals surface area (Å²) >= 11 is 0. The zero-order chi connectivity index (χ0) is 34.2. The predicted octanol–water partition coefficient (Wildman–Crippen LogP) is 5.51. The zero-order valence-corrected chi connectivity index (χ0v) is 26.9. The molecule has 0 saturated carbocycles. The fourth-order valence-corrected chi connectivity index (χ4v) is 5.55. The molecular formula is C33H29N5O10S. The van der Waals surface area contributed by atoms with E-state index in [1.165, 1.54) is 38.6 Å². The number of nitrogens with zero attached hydrogens (tertiary/aromatic N) is 3. The number of ether oxygens (including phenoxy) is 7. The molecule has 16 heteroatoms. The van der Waals surface area contributed by atoms with Gasteiger partial charge in [0.05, 0.1) is 24.7 Å². The number of para-hydroxylation sites is 3. The number of nitrogens with one attached hydrogen (secondary N) is 2. The average Bonchev–Trinajstić information content (AvgIpc) is 3.60. The van der Waals surface area contributed by atoms with Crippen molar-refractivity contribution in [2.45, 2.75) is 4.90 Å². The van der Waals surface area contributed by atoms with Crippen LogP contribution in [0.4, 0.5) is 16.4 Å². The third kappa shape index (κ3) is 7.65. The number of hydrogen-bond acceptors (Lipinski definition) is 13. The number of amides is 1. The van der Waals surface area contributed by atoms with Crippen LogP contribution in [0.25, 0.3) is 11.4 Å². The zero-order valence-electron chi connectivity index (χ0n) is 26.1. The largest absolute Gasteiger partial charge is 0.496 e. The summed E-state index contributed by atoms with van der Waals surface area (Å²) in [5.41, 5.74) is 0.424. The summed E-state index contributed by atoms with van der Waals surface area (Å²) in [5.74, 6) is 1.31. The lowest BCUT2D eigenvalue weighted by molar-refractivity contribution is 0.135. The van der Waals surface area contributed by atoms with Crippen LogP contribution in [0.5, 0.6) is 40.4 Å². The Balaban J connectivity index is 1.38. The molecule has 1 aliphatic rings. The number of methoxy groups -OCH3 is 2. The van der Waals surface area contributed by atoms with Gasteiger partial charge in [-0.25, -0.2) is 23.2 Å². The maximum atomic E-state index is 13.8. The monoisotopic (exact) mass is 687 g/mol. The summed E-state index contributed by atoms with van der Waals surface area (Å²) in [6, 6.07) is 22.8. The second-order valence-corrected chi connectivity index (χ2v) is 11.6. The molecule has 2 aromatic heterocycles. The molecular weight excluding hydrogens is 658 g/mol. The van der Waals surface area contributed by atoms with Crippen LogP contribution in [0.2, 0.25) is 0 Å². The first-order valence-electron chi connectivity index (χ1n) is 14.6. The van der Waals surface area contributed by atoms with Crippen molar-refractivity contribution in [3.63, 3.8) is 0 Å². The van der Waals surface area contributed by atoms with Gasteiger partial charge in [0.1, 0.15) is 24.8 Å². The Morgan fingerprint density at radius 1 is 0.837 bits per heavy atom. The topological polar surface area (TPSA) is 179 Å². The first-order chi connectivity index (χ1) is 23.8. The second-order valence-electron chi connectivity index (χ2n) is 9.93. The van der Waals surface area contributed by atoms with E-state index in [9.17, 15) is 13.2 Å². The molecule has 252 valence electrons. The van der Waals surface area contributed by atoms with Crippen molar-refractivity contribution in [2.75, 3.05) is 44.3 Å². The van der Waals surface area contributed by atoms with E-state index in [1.807, 2.05) is 0 Å². The van der Waals surface area contributed by atoms with Crippen molar-refractivity contribution in [1.29, 1.82) is 0 Å². The molecule has 2 N–H and O–H groups in total. The Labute approximate surface area is 280 Å². The molecule has 6 rings (SSSR count). The number of rotatable bonds is 13. The SMILES string of the molecule is COc1ccccc1Oc1c(NS(=O)(=O)c2ccc3c(c2)OCO3)nc(-c2ccccc2OC)nc1OCCOC(=O)Nc1ccccn1. The lowest BCUT2D eigenvalue weighted by Gasteiger charge is -2.19. The molecule has 0 aliphatic carbocycles. The molecule has 3 heterocycles. The lowest BCUT2D eigenvalue weighted by atomic mass is 10.2. The van der Waals surface area contributed by atoms with Gasteiger partial charge >= 0.3 is 6.09 Å². The van der Waals surface area contributed by atoms with Gasteiger partial charge in [0.15, 0.2) is 34.6 Å². The fourth-order valence-electron chi connectivity index (χ4n) is 4.53. The Bertz CT molecular complexity index is 2070. The van der Waals surface area contributed by atoms with E-state index in [0.29, 0.717) is 28.6 Å². The number of anilines is 2. The van der Waals surface area contributed by atoms with E-state index in [1.54, 1.807) is 66.7 Å². The van der Waals surface area contributed by atoms with Crippen molar-refractivity contribution >= 4 is 27.8 Å². The van der Waals surface area contributed by atoms with Crippen LogP contribution >= 0.6 is 0 Å². The van der Waals surface area contributed by atoms with E-state index < -0.39 is 16.1 Å². The summed E-state index contributed by atoms with van der Waals surface area (Å²) in [6.07, 6.45) is 0.761. The van der Waals surface area contributed by atoms with Gasteiger partial charge in [-0.1, -0.05) is 30.3 Å². The van der Waals surface area contributed by atoms with Crippen molar-refractivity contribution in [3.05, 3.63) is 91.1 Å². The number of hydrogen-bond donors (Lipinski definition) is 2. The number of pyridine rings is 1. The van der Waals surface area contributed by atoms with Crippen molar-refractivity contribution in [2.24, 2.45) is 0 Å². The highest BCUT2D eigenvalue weighted by Crippen LogP contribution is 2.43. The summed E-state index contributed by atoms with van der Waals surface area (Å²) in [4.78, 5) is 25.4. The van der Waals surface area contributed by atoms with E-state index in [2.05, 4.69) is 25.0 Å². The number of sulfonamides is 1. The van der Waals surface area contributed by atoms with Gasteiger partial charge in [0.25, 0.3) is 15.9 Å². The molecule has 0 saturated heterocycles. The Morgan fingerprint density at radius 2 is 1.57 bits per heavy atom. The van der Waals surface area contributed by atoms with E-state index in [4.69, 9.17) is 33.2 Å². The average molecular weight is 688 g/mol. The fraction of sp³-hybridized carbons (Fsp3) is 0.152. The van der Waals surface area contributed by atoms with Crippen LogP contribution in [0, 0.1) is 0 Å². The van der Waals surface area contributed by atoms with Gasteiger partial charge in [0.2, 0.25) is 12.5 Å². The molecule has 15 nitrogen and oxygen atoms in total. The van der Waals surface area contributed by atoms with Gasteiger partial charge < -0.3 is 33.2 Å². The first kappa shape index (κ1) is 32.6. The Morgan fingerprint density at radius 3 is 2.35 bits per heavy atom. The summed E-state index contributed by atoms with van der Waals surface area (Å²) in [5, 5.41) is 2.51. The number of aromatic nitrogens is 3. The van der Waals surface area contributed by atoms with E-state index in [0.717, 1.165) is 0 Å². The number of carbonyl (C=O) groups excluding carboxylic acids is 1. The number of benzene rings is 3. The van der Waals surface area contributed by atoms with Crippen molar-refractivity contribution in [1.82, 2.24) is 15.0 Å². The minimum Gasteiger partial charge on any atom is -0.496 e. The molecule has 0 fully saturated rings. The summed E-state index contributed by atoms with van der Waals surface area (Å²) < 4.78 is 69.3. The molecule has 0 bridgehead atoms. The predicted molar refractivity (Wildman–Crippen MR) is 175 cm³/mol. The summed E-state index contributed by atoms with van der Waals surface area (Å²) in [6.45, 7) is -0.472. The molecule has 1 amide bonds.